The van der Waals surface area contributed by atoms with Crippen molar-refractivity contribution in [3.8, 4) is 11.5 Å². The van der Waals surface area contributed by atoms with Gasteiger partial charge in [-0.2, -0.15) is 0 Å². The van der Waals surface area contributed by atoms with Crippen LogP contribution in [0.15, 0.2) is 18.2 Å². The van der Waals surface area contributed by atoms with Gasteiger partial charge in [-0.15, -0.1) is 0 Å². The molecule has 4 heteroatoms. The van der Waals surface area contributed by atoms with Gasteiger partial charge in [0.1, 0.15) is 11.5 Å². The zero-order valence-electron chi connectivity index (χ0n) is 13.3. The van der Waals surface area contributed by atoms with Crippen LogP contribution in [0.2, 0.25) is 0 Å². The summed E-state index contributed by atoms with van der Waals surface area (Å²) in [5, 5.41) is 13.9. The molecule has 0 spiro atoms. The van der Waals surface area contributed by atoms with Crippen molar-refractivity contribution in [1.82, 2.24) is 5.32 Å². The molecule has 4 nitrogen and oxygen atoms in total. The summed E-state index contributed by atoms with van der Waals surface area (Å²) in [6.45, 7) is 2.87. The van der Waals surface area contributed by atoms with Crippen molar-refractivity contribution >= 4 is 0 Å². The maximum atomic E-state index is 10.4. The van der Waals surface area contributed by atoms with E-state index in [1.54, 1.807) is 14.2 Å². The van der Waals surface area contributed by atoms with Crippen LogP contribution in [-0.4, -0.2) is 31.9 Å². The van der Waals surface area contributed by atoms with E-state index in [4.69, 9.17) is 9.47 Å². The molecule has 1 aliphatic rings. The first kappa shape index (κ1) is 16.1. The largest absolute Gasteiger partial charge is 0.497 e. The van der Waals surface area contributed by atoms with Crippen molar-refractivity contribution in [2.45, 2.75) is 44.8 Å². The molecule has 1 fully saturated rings. The molecule has 0 aromatic heterocycles. The fourth-order valence-electron chi connectivity index (χ4n) is 3.04. The third kappa shape index (κ3) is 4.61. The van der Waals surface area contributed by atoms with Crippen molar-refractivity contribution in [3.63, 3.8) is 0 Å². The Balaban J connectivity index is 1.94. The van der Waals surface area contributed by atoms with E-state index >= 15 is 0 Å². The molecule has 0 radical (unpaired) electrons. The Kier molecular flexibility index (Phi) is 5.88. The van der Waals surface area contributed by atoms with Gasteiger partial charge in [-0.05, 0) is 36.5 Å². The summed E-state index contributed by atoms with van der Waals surface area (Å²) >= 11 is 0. The first-order valence-electron chi connectivity index (χ1n) is 7.76. The zero-order chi connectivity index (χ0) is 15.2. The van der Waals surface area contributed by atoms with Gasteiger partial charge in [-0.25, -0.2) is 0 Å². The number of ether oxygens (including phenoxy) is 2. The number of aliphatic hydroxyl groups excluding tert-OH is 1. The van der Waals surface area contributed by atoms with Crippen LogP contribution in [0.25, 0.3) is 0 Å². The van der Waals surface area contributed by atoms with Crippen LogP contribution in [0.5, 0.6) is 11.5 Å². The highest BCUT2D eigenvalue weighted by Crippen LogP contribution is 2.27. The van der Waals surface area contributed by atoms with Crippen LogP contribution in [0.1, 0.15) is 44.3 Å². The van der Waals surface area contributed by atoms with Gasteiger partial charge in [0.05, 0.1) is 20.3 Å². The summed E-state index contributed by atoms with van der Waals surface area (Å²) in [4.78, 5) is 0. The minimum atomic E-state index is -0.550. The van der Waals surface area contributed by atoms with Gasteiger partial charge in [-0.3, -0.25) is 0 Å². The average molecular weight is 293 g/mol. The molecule has 1 aromatic rings. The molecule has 3 unspecified atom stereocenters. The van der Waals surface area contributed by atoms with Crippen LogP contribution in [0.3, 0.4) is 0 Å². The number of aliphatic hydroxyl groups is 1. The highest BCUT2D eigenvalue weighted by molar-refractivity contribution is 5.39. The Labute approximate surface area is 127 Å². The second kappa shape index (κ2) is 7.66. The van der Waals surface area contributed by atoms with Crippen molar-refractivity contribution in [3.05, 3.63) is 23.8 Å². The van der Waals surface area contributed by atoms with Gasteiger partial charge in [0.25, 0.3) is 0 Å². The van der Waals surface area contributed by atoms with E-state index < -0.39 is 6.10 Å². The van der Waals surface area contributed by atoms with Crippen molar-refractivity contribution in [2.24, 2.45) is 5.92 Å². The molecule has 21 heavy (non-hydrogen) atoms. The molecule has 2 rings (SSSR count). The summed E-state index contributed by atoms with van der Waals surface area (Å²) in [6, 6.07) is 6.05. The highest BCUT2D eigenvalue weighted by Gasteiger charge is 2.20. The molecule has 1 aromatic carbocycles. The quantitative estimate of drug-likeness (QED) is 0.847. The monoisotopic (exact) mass is 293 g/mol. The number of methoxy groups -OCH3 is 2. The SMILES string of the molecule is COc1cc(OC)cc(C(O)CNC2CCCC(C)C2)c1. The molecule has 0 bridgehead atoms. The smallest absolute Gasteiger partial charge is 0.122 e. The normalized spacial score (nSPS) is 23.6. The second-order valence-electron chi connectivity index (χ2n) is 6.04. The van der Waals surface area contributed by atoms with E-state index in [1.165, 1.54) is 25.7 Å². The highest BCUT2D eigenvalue weighted by atomic mass is 16.5. The fraction of sp³-hybridized carbons (Fsp3) is 0.647. The number of hydrogen-bond donors (Lipinski definition) is 2. The average Bonchev–Trinajstić information content (AvgIpc) is 2.52. The van der Waals surface area contributed by atoms with Gasteiger partial charge in [0, 0.05) is 18.7 Å². The van der Waals surface area contributed by atoms with Crippen LogP contribution >= 0.6 is 0 Å². The summed E-state index contributed by atoms with van der Waals surface area (Å²) < 4.78 is 10.5. The Morgan fingerprint density at radius 2 is 1.86 bits per heavy atom. The van der Waals surface area contributed by atoms with Crippen molar-refractivity contribution in [1.29, 1.82) is 0 Å². The third-order valence-electron chi connectivity index (χ3n) is 4.29. The summed E-state index contributed by atoms with van der Waals surface area (Å²) in [5.74, 6) is 2.19. The lowest BCUT2D eigenvalue weighted by Crippen LogP contribution is -2.36. The van der Waals surface area contributed by atoms with Crippen LogP contribution < -0.4 is 14.8 Å². The Bertz CT molecular complexity index is 427. The van der Waals surface area contributed by atoms with E-state index in [0.717, 1.165) is 11.5 Å². The molecule has 0 saturated heterocycles. The number of benzene rings is 1. The van der Waals surface area contributed by atoms with Crippen molar-refractivity contribution < 1.29 is 14.6 Å². The maximum absolute atomic E-state index is 10.4. The molecule has 0 heterocycles. The van der Waals surface area contributed by atoms with Gasteiger partial charge in [0.15, 0.2) is 0 Å². The number of rotatable bonds is 6. The first-order valence-corrected chi connectivity index (χ1v) is 7.76. The maximum Gasteiger partial charge on any atom is 0.122 e. The summed E-state index contributed by atoms with van der Waals surface area (Å²) in [7, 11) is 3.24. The van der Waals surface area contributed by atoms with Crippen LogP contribution in [0, 0.1) is 5.92 Å². The van der Waals surface area contributed by atoms with E-state index in [2.05, 4.69) is 12.2 Å². The Morgan fingerprint density at radius 3 is 2.43 bits per heavy atom. The zero-order valence-corrected chi connectivity index (χ0v) is 13.3. The molecule has 0 aliphatic heterocycles. The molecule has 0 amide bonds. The van der Waals surface area contributed by atoms with Gasteiger partial charge < -0.3 is 19.9 Å². The van der Waals surface area contributed by atoms with E-state index in [1.807, 2.05) is 18.2 Å². The summed E-state index contributed by atoms with van der Waals surface area (Å²) in [6.07, 6.45) is 4.47. The third-order valence-corrected chi connectivity index (χ3v) is 4.29. The minimum absolute atomic E-state index is 0.524. The molecule has 1 aliphatic carbocycles. The first-order chi connectivity index (χ1) is 10.1. The minimum Gasteiger partial charge on any atom is -0.497 e. The van der Waals surface area contributed by atoms with Crippen LogP contribution in [-0.2, 0) is 0 Å². The number of hydrogen-bond acceptors (Lipinski definition) is 4. The number of nitrogens with one attached hydrogen (secondary N) is 1. The van der Waals surface area contributed by atoms with E-state index in [0.29, 0.717) is 24.1 Å². The molecule has 2 N–H and O–H groups in total. The lowest BCUT2D eigenvalue weighted by atomic mass is 9.87. The molecular weight excluding hydrogens is 266 g/mol. The van der Waals surface area contributed by atoms with Gasteiger partial charge in [0.2, 0.25) is 0 Å². The lowest BCUT2D eigenvalue weighted by molar-refractivity contribution is 0.161. The van der Waals surface area contributed by atoms with Crippen LogP contribution in [0.4, 0.5) is 0 Å². The standard InChI is InChI=1S/C17H27NO3/c1-12-5-4-6-14(7-12)18-11-17(19)13-8-15(20-2)10-16(9-13)21-3/h8-10,12,14,17-19H,4-7,11H2,1-3H3. The van der Waals surface area contributed by atoms with E-state index in [9.17, 15) is 5.11 Å². The van der Waals surface area contributed by atoms with Gasteiger partial charge >= 0.3 is 0 Å². The predicted molar refractivity (Wildman–Crippen MR) is 83.9 cm³/mol. The van der Waals surface area contributed by atoms with Crippen molar-refractivity contribution in [2.75, 3.05) is 20.8 Å². The molecule has 118 valence electrons. The van der Waals surface area contributed by atoms with E-state index in [-0.39, 0.29) is 0 Å². The Hall–Kier alpha value is -1.26. The topological polar surface area (TPSA) is 50.7 Å². The summed E-state index contributed by atoms with van der Waals surface area (Å²) in [5.41, 5.74) is 0.822. The molecule has 3 atom stereocenters. The van der Waals surface area contributed by atoms with Gasteiger partial charge in [-0.1, -0.05) is 19.8 Å². The molecular formula is C17H27NO3. The second-order valence-corrected chi connectivity index (χ2v) is 6.04. The predicted octanol–water partition coefficient (Wildman–Crippen LogP) is 2.91. The Morgan fingerprint density at radius 1 is 1.19 bits per heavy atom. The molecule has 1 saturated carbocycles. The lowest BCUT2D eigenvalue weighted by Gasteiger charge is -2.28. The fourth-order valence-corrected chi connectivity index (χ4v) is 3.04.